The Morgan fingerprint density at radius 3 is 1.67 bits per heavy atom. The summed E-state index contributed by atoms with van der Waals surface area (Å²) in [5, 5.41) is 0. The van der Waals surface area contributed by atoms with E-state index in [2.05, 4.69) is 0 Å². The Balaban J connectivity index is 2.58. The van der Waals surface area contributed by atoms with Crippen molar-refractivity contribution in [1.29, 1.82) is 0 Å². The van der Waals surface area contributed by atoms with Gasteiger partial charge in [-0.3, -0.25) is 0 Å². The van der Waals surface area contributed by atoms with E-state index in [1.165, 1.54) is 0 Å². The highest BCUT2D eigenvalue weighted by Crippen LogP contribution is 2.22. The Morgan fingerprint density at radius 2 is 1.25 bits per heavy atom. The standard InChI is InChI=1S/C10H10F2/c11-9-7-3-1-2-4-8(6-5-7)10(9)12/h5-6H,1-4H2. The summed E-state index contributed by atoms with van der Waals surface area (Å²) in [6.07, 6.45) is 3.26. The minimum Gasteiger partial charge on any atom is -0.203 e. The number of halogens is 2. The Bertz CT molecular complexity index is 274. The van der Waals surface area contributed by atoms with Gasteiger partial charge < -0.3 is 0 Å². The molecule has 0 saturated heterocycles. The highest BCUT2D eigenvalue weighted by atomic mass is 19.2. The Hall–Kier alpha value is -0.920. The molecular formula is C10H10F2. The largest absolute Gasteiger partial charge is 0.203 e. The van der Waals surface area contributed by atoms with E-state index in [1.807, 2.05) is 0 Å². The van der Waals surface area contributed by atoms with Gasteiger partial charge in [0.15, 0.2) is 11.6 Å². The molecule has 0 atom stereocenters. The maximum absolute atomic E-state index is 13.1. The van der Waals surface area contributed by atoms with Gasteiger partial charge in [0.1, 0.15) is 0 Å². The molecule has 12 heavy (non-hydrogen) atoms. The average molecular weight is 168 g/mol. The van der Waals surface area contributed by atoms with Gasteiger partial charge in [-0.25, -0.2) is 8.78 Å². The first-order valence-electron chi connectivity index (χ1n) is 4.25. The fourth-order valence-electron chi connectivity index (χ4n) is 1.65. The number of benzene rings is 1. The molecule has 0 spiro atoms. The van der Waals surface area contributed by atoms with Crippen LogP contribution in [-0.4, -0.2) is 0 Å². The zero-order valence-corrected chi connectivity index (χ0v) is 6.74. The molecule has 2 heteroatoms. The second kappa shape index (κ2) is 2.85. The van der Waals surface area contributed by atoms with Crippen molar-refractivity contribution in [2.24, 2.45) is 0 Å². The van der Waals surface area contributed by atoms with E-state index in [-0.39, 0.29) is 0 Å². The molecule has 0 N–H and O–H groups in total. The summed E-state index contributed by atoms with van der Waals surface area (Å²) in [6, 6.07) is 3.40. The van der Waals surface area contributed by atoms with Crippen LogP contribution in [0.25, 0.3) is 0 Å². The Labute approximate surface area is 70.2 Å². The highest BCUT2D eigenvalue weighted by Gasteiger charge is 2.15. The molecule has 1 aromatic carbocycles. The minimum absolute atomic E-state index is 0.524. The van der Waals surface area contributed by atoms with Crippen molar-refractivity contribution in [3.05, 3.63) is 34.9 Å². The smallest absolute Gasteiger partial charge is 0.162 e. The Kier molecular flexibility index (Phi) is 1.83. The maximum atomic E-state index is 13.1. The molecule has 0 aliphatic heterocycles. The quantitative estimate of drug-likeness (QED) is 0.558. The van der Waals surface area contributed by atoms with E-state index in [0.717, 1.165) is 12.8 Å². The SMILES string of the molecule is Fc1c2ccc(c1F)CCCC2. The fourth-order valence-corrected chi connectivity index (χ4v) is 1.65. The lowest BCUT2D eigenvalue weighted by Crippen LogP contribution is -2.04. The third kappa shape index (κ3) is 1.11. The number of aryl methyl sites for hydroxylation is 2. The molecule has 0 fully saturated rings. The zero-order valence-electron chi connectivity index (χ0n) is 6.74. The van der Waals surface area contributed by atoms with Crippen LogP contribution in [0, 0.1) is 11.6 Å². The first-order chi connectivity index (χ1) is 5.79. The number of fused-ring (bicyclic) bond motifs is 5. The number of hydrogen-bond acceptors (Lipinski definition) is 0. The summed E-state index contributed by atoms with van der Waals surface area (Å²) in [4.78, 5) is 0. The van der Waals surface area contributed by atoms with Crippen LogP contribution in [0.5, 0.6) is 0 Å². The minimum atomic E-state index is -0.632. The van der Waals surface area contributed by atoms with Crippen molar-refractivity contribution >= 4 is 0 Å². The van der Waals surface area contributed by atoms with E-state index in [0.29, 0.717) is 24.0 Å². The van der Waals surface area contributed by atoms with Gasteiger partial charge in [-0.05, 0) is 36.8 Å². The molecule has 64 valence electrons. The molecule has 2 bridgehead atoms. The van der Waals surface area contributed by atoms with Crippen LogP contribution >= 0.6 is 0 Å². The van der Waals surface area contributed by atoms with Crippen molar-refractivity contribution in [3.8, 4) is 0 Å². The van der Waals surface area contributed by atoms with Gasteiger partial charge in [0, 0.05) is 0 Å². The first kappa shape index (κ1) is 7.71. The molecule has 0 unspecified atom stereocenters. The molecule has 2 aliphatic rings. The first-order valence-corrected chi connectivity index (χ1v) is 4.25. The predicted octanol–water partition coefficient (Wildman–Crippen LogP) is 2.84. The van der Waals surface area contributed by atoms with Gasteiger partial charge >= 0.3 is 0 Å². The summed E-state index contributed by atoms with van der Waals surface area (Å²) < 4.78 is 26.2. The van der Waals surface area contributed by atoms with Crippen molar-refractivity contribution in [2.45, 2.75) is 25.7 Å². The van der Waals surface area contributed by atoms with E-state index < -0.39 is 11.6 Å². The third-order valence-corrected chi connectivity index (χ3v) is 2.38. The van der Waals surface area contributed by atoms with Gasteiger partial charge in [-0.2, -0.15) is 0 Å². The van der Waals surface area contributed by atoms with E-state index in [4.69, 9.17) is 0 Å². The van der Waals surface area contributed by atoms with Crippen LogP contribution < -0.4 is 0 Å². The fraction of sp³-hybridized carbons (Fsp3) is 0.400. The number of hydrogen-bond donors (Lipinski definition) is 0. The van der Waals surface area contributed by atoms with Gasteiger partial charge in [0.2, 0.25) is 0 Å². The summed E-state index contributed by atoms with van der Waals surface area (Å²) in [5.74, 6) is -1.26. The highest BCUT2D eigenvalue weighted by molar-refractivity contribution is 5.27. The second-order valence-electron chi connectivity index (χ2n) is 3.22. The molecule has 3 rings (SSSR count). The summed E-state index contributed by atoms with van der Waals surface area (Å²) >= 11 is 0. The molecule has 0 nitrogen and oxygen atoms in total. The van der Waals surface area contributed by atoms with Crippen LogP contribution in [0.1, 0.15) is 24.0 Å². The van der Waals surface area contributed by atoms with Crippen molar-refractivity contribution in [2.75, 3.05) is 0 Å². The van der Waals surface area contributed by atoms with Crippen molar-refractivity contribution in [1.82, 2.24) is 0 Å². The Morgan fingerprint density at radius 1 is 0.833 bits per heavy atom. The molecule has 0 radical (unpaired) electrons. The van der Waals surface area contributed by atoms with Crippen LogP contribution in [0.15, 0.2) is 12.1 Å². The summed E-state index contributed by atoms with van der Waals surface area (Å²) in [7, 11) is 0. The normalized spacial score (nSPS) is 15.8. The maximum Gasteiger partial charge on any atom is 0.162 e. The molecule has 0 heterocycles. The van der Waals surface area contributed by atoms with Gasteiger partial charge in [-0.1, -0.05) is 12.1 Å². The van der Waals surface area contributed by atoms with Crippen LogP contribution in [0.3, 0.4) is 0 Å². The molecule has 1 aromatic rings. The van der Waals surface area contributed by atoms with Crippen LogP contribution in [-0.2, 0) is 12.8 Å². The van der Waals surface area contributed by atoms with E-state index in [1.54, 1.807) is 12.1 Å². The average Bonchev–Trinajstić information content (AvgIpc) is 2.00. The summed E-state index contributed by atoms with van der Waals surface area (Å²) in [5.41, 5.74) is 1.05. The van der Waals surface area contributed by atoms with Gasteiger partial charge in [0.05, 0.1) is 0 Å². The molecule has 2 aliphatic carbocycles. The van der Waals surface area contributed by atoms with E-state index in [9.17, 15) is 8.78 Å². The second-order valence-corrected chi connectivity index (χ2v) is 3.22. The lowest BCUT2D eigenvalue weighted by atomic mass is 9.96. The van der Waals surface area contributed by atoms with Crippen molar-refractivity contribution < 1.29 is 8.78 Å². The lowest BCUT2D eigenvalue weighted by Gasteiger charge is -2.12. The van der Waals surface area contributed by atoms with E-state index >= 15 is 0 Å². The van der Waals surface area contributed by atoms with Crippen LogP contribution in [0.2, 0.25) is 0 Å². The zero-order chi connectivity index (χ0) is 8.55. The summed E-state index contributed by atoms with van der Waals surface area (Å²) in [6.45, 7) is 0. The molecule has 0 saturated carbocycles. The molecule has 0 amide bonds. The van der Waals surface area contributed by atoms with Crippen LogP contribution in [0.4, 0.5) is 8.78 Å². The lowest BCUT2D eigenvalue weighted by molar-refractivity contribution is 0.477. The van der Waals surface area contributed by atoms with Crippen molar-refractivity contribution in [3.63, 3.8) is 0 Å². The monoisotopic (exact) mass is 168 g/mol. The molecular weight excluding hydrogens is 158 g/mol. The number of rotatable bonds is 0. The molecule has 0 aromatic heterocycles. The van der Waals surface area contributed by atoms with Gasteiger partial charge in [0.25, 0.3) is 0 Å². The predicted molar refractivity (Wildman–Crippen MR) is 43.0 cm³/mol. The third-order valence-electron chi connectivity index (χ3n) is 2.38. The van der Waals surface area contributed by atoms with Gasteiger partial charge in [-0.15, -0.1) is 0 Å². The topological polar surface area (TPSA) is 0 Å².